The van der Waals surface area contributed by atoms with Gasteiger partial charge in [0, 0.05) is 18.6 Å². The highest BCUT2D eigenvalue weighted by atomic mass is 35.5. The fourth-order valence-electron chi connectivity index (χ4n) is 1.96. The van der Waals surface area contributed by atoms with Gasteiger partial charge < -0.3 is 10.6 Å². The molecule has 0 spiro atoms. The van der Waals surface area contributed by atoms with E-state index < -0.39 is 4.92 Å². The Kier molecular flexibility index (Phi) is 6.22. The van der Waals surface area contributed by atoms with Crippen molar-refractivity contribution in [2.24, 2.45) is 0 Å². The summed E-state index contributed by atoms with van der Waals surface area (Å²) in [6, 6.07) is 13.6. The molecular weight excluding hydrogens is 350 g/mol. The Morgan fingerprint density at radius 2 is 1.92 bits per heavy atom. The number of hydrogen-bond donors (Lipinski definition) is 2. The van der Waals surface area contributed by atoms with Crippen LogP contribution in [0.15, 0.2) is 48.5 Å². The number of nitrogens with zero attached hydrogens (tertiary/aromatic N) is 1. The number of carbonyl (C=O) groups is 1. The zero-order chi connectivity index (χ0) is 17.5. The number of aryl methyl sites for hydroxylation is 1. The van der Waals surface area contributed by atoms with Gasteiger partial charge in [0.1, 0.15) is 0 Å². The molecule has 0 fully saturated rings. The van der Waals surface area contributed by atoms with Gasteiger partial charge in [0.2, 0.25) is 5.91 Å². The van der Waals surface area contributed by atoms with Crippen LogP contribution in [-0.2, 0) is 11.2 Å². The predicted octanol–water partition coefficient (Wildman–Crippen LogP) is 3.69. The molecule has 0 aliphatic rings. The first-order valence-corrected chi connectivity index (χ1v) is 7.83. The normalized spacial score (nSPS) is 10.0. The molecule has 0 saturated heterocycles. The topological polar surface area (TPSA) is 84.3 Å². The van der Waals surface area contributed by atoms with Crippen LogP contribution >= 0.6 is 23.8 Å². The number of amides is 1. The average Bonchev–Trinajstić information content (AvgIpc) is 2.55. The van der Waals surface area contributed by atoms with Gasteiger partial charge in [-0.3, -0.25) is 14.9 Å². The van der Waals surface area contributed by atoms with Crippen LogP contribution in [0.1, 0.15) is 12.0 Å². The van der Waals surface area contributed by atoms with E-state index in [9.17, 15) is 14.9 Å². The molecule has 6 nitrogen and oxygen atoms in total. The van der Waals surface area contributed by atoms with Crippen molar-refractivity contribution in [2.45, 2.75) is 12.8 Å². The number of nitro groups is 1. The fraction of sp³-hybridized carbons (Fsp3) is 0.125. The van der Waals surface area contributed by atoms with E-state index in [2.05, 4.69) is 10.6 Å². The number of rotatable bonds is 5. The van der Waals surface area contributed by atoms with Crippen LogP contribution in [0.25, 0.3) is 0 Å². The molecule has 1 amide bonds. The quantitative estimate of drug-likeness (QED) is 0.480. The zero-order valence-electron chi connectivity index (χ0n) is 12.5. The van der Waals surface area contributed by atoms with Gasteiger partial charge in [-0.25, -0.2) is 0 Å². The number of carbonyl (C=O) groups excluding carboxylic acids is 1. The third kappa shape index (κ3) is 5.29. The fourth-order valence-corrected chi connectivity index (χ4v) is 2.41. The average molecular weight is 364 g/mol. The molecule has 124 valence electrons. The monoisotopic (exact) mass is 363 g/mol. The molecule has 2 N–H and O–H groups in total. The maximum Gasteiger partial charge on any atom is 0.271 e. The van der Waals surface area contributed by atoms with Crippen LogP contribution in [0.4, 0.5) is 11.4 Å². The van der Waals surface area contributed by atoms with E-state index in [4.69, 9.17) is 23.8 Å². The summed E-state index contributed by atoms with van der Waals surface area (Å²) >= 11 is 11.0. The van der Waals surface area contributed by atoms with Crippen LogP contribution < -0.4 is 10.6 Å². The summed E-state index contributed by atoms with van der Waals surface area (Å²) < 4.78 is 0. The lowest BCUT2D eigenvalue weighted by atomic mass is 10.1. The summed E-state index contributed by atoms with van der Waals surface area (Å²) in [6.45, 7) is 0. The van der Waals surface area contributed by atoms with Gasteiger partial charge in [-0.15, -0.1) is 0 Å². The number of halogens is 1. The van der Waals surface area contributed by atoms with Crippen LogP contribution in [0.3, 0.4) is 0 Å². The summed E-state index contributed by atoms with van der Waals surface area (Å²) in [5.74, 6) is -0.227. The number of hydrogen-bond acceptors (Lipinski definition) is 4. The Morgan fingerprint density at radius 1 is 1.21 bits per heavy atom. The summed E-state index contributed by atoms with van der Waals surface area (Å²) in [6.07, 6.45) is 0.896. The molecular formula is C16H14ClN3O3S. The number of nitrogens with one attached hydrogen (secondary N) is 2. The summed E-state index contributed by atoms with van der Waals surface area (Å²) in [7, 11) is 0. The molecule has 0 bridgehead atoms. The SMILES string of the molecule is O=C(CCc1ccccc1)NC(=S)Nc1ccc([N+](=O)[O-])cc1Cl. The minimum absolute atomic E-state index is 0.0869. The highest BCUT2D eigenvalue weighted by molar-refractivity contribution is 7.80. The van der Waals surface area contributed by atoms with Gasteiger partial charge in [-0.2, -0.15) is 0 Å². The summed E-state index contributed by atoms with van der Waals surface area (Å²) in [4.78, 5) is 22.0. The van der Waals surface area contributed by atoms with E-state index >= 15 is 0 Å². The van der Waals surface area contributed by atoms with Gasteiger partial charge in [0.25, 0.3) is 5.69 Å². The zero-order valence-corrected chi connectivity index (χ0v) is 14.1. The number of non-ortho nitro benzene ring substituents is 1. The van der Waals surface area contributed by atoms with E-state index in [1.54, 1.807) is 0 Å². The van der Waals surface area contributed by atoms with E-state index in [0.29, 0.717) is 18.5 Å². The van der Waals surface area contributed by atoms with E-state index in [1.165, 1.54) is 18.2 Å². The Labute approximate surface area is 149 Å². The Hall–Kier alpha value is -2.51. The molecule has 2 aromatic rings. The van der Waals surface area contributed by atoms with Crippen molar-refractivity contribution in [1.82, 2.24) is 5.32 Å². The Morgan fingerprint density at radius 3 is 2.54 bits per heavy atom. The number of benzene rings is 2. The van der Waals surface area contributed by atoms with Crippen molar-refractivity contribution in [1.29, 1.82) is 0 Å². The van der Waals surface area contributed by atoms with Crippen molar-refractivity contribution in [2.75, 3.05) is 5.32 Å². The standard InChI is InChI=1S/C16H14ClN3O3S/c17-13-10-12(20(22)23)7-8-14(13)18-16(24)19-15(21)9-6-11-4-2-1-3-5-11/h1-5,7-8,10H,6,9H2,(H2,18,19,21,24). The van der Waals surface area contributed by atoms with E-state index in [0.717, 1.165) is 5.56 Å². The molecule has 2 rings (SSSR count). The first kappa shape index (κ1) is 17.8. The van der Waals surface area contributed by atoms with Gasteiger partial charge in [-0.05, 0) is 30.3 Å². The molecule has 0 aliphatic carbocycles. The second-order valence-corrected chi connectivity index (χ2v) is 5.72. The van der Waals surface area contributed by atoms with Gasteiger partial charge in [0.15, 0.2) is 5.11 Å². The van der Waals surface area contributed by atoms with E-state index in [-0.39, 0.29) is 21.7 Å². The Bertz CT molecular complexity index is 768. The van der Waals surface area contributed by atoms with Gasteiger partial charge >= 0.3 is 0 Å². The molecule has 0 saturated carbocycles. The third-order valence-electron chi connectivity index (χ3n) is 3.15. The number of nitro benzene ring substituents is 1. The van der Waals surface area contributed by atoms with Crippen molar-refractivity contribution in [3.05, 3.63) is 69.2 Å². The molecule has 0 heterocycles. The largest absolute Gasteiger partial charge is 0.331 e. The molecule has 0 atom stereocenters. The lowest BCUT2D eigenvalue weighted by Gasteiger charge is -2.10. The third-order valence-corrected chi connectivity index (χ3v) is 3.67. The molecule has 0 radical (unpaired) electrons. The molecule has 0 unspecified atom stereocenters. The van der Waals surface area contributed by atoms with Crippen molar-refractivity contribution in [3.8, 4) is 0 Å². The van der Waals surface area contributed by atoms with Gasteiger partial charge in [-0.1, -0.05) is 41.9 Å². The maximum atomic E-state index is 11.9. The van der Waals surface area contributed by atoms with Crippen molar-refractivity contribution in [3.63, 3.8) is 0 Å². The lowest BCUT2D eigenvalue weighted by molar-refractivity contribution is -0.384. The first-order chi connectivity index (χ1) is 11.5. The van der Waals surface area contributed by atoms with Crippen molar-refractivity contribution < 1.29 is 9.72 Å². The van der Waals surface area contributed by atoms with Crippen LogP contribution in [-0.4, -0.2) is 15.9 Å². The Balaban J connectivity index is 1.86. The summed E-state index contributed by atoms with van der Waals surface area (Å²) in [5, 5.41) is 16.2. The smallest absolute Gasteiger partial charge is 0.271 e. The minimum Gasteiger partial charge on any atom is -0.331 e. The minimum atomic E-state index is -0.542. The van der Waals surface area contributed by atoms with Gasteiger partial charge in [0.05, 0.1) is 15.6 Å². The highest BCUT2D eigenvalue weighted by Gasteiger charge is 2.11. The molecule has 0 aliphatic heterocycles. The molecule has 2 aromatic carbocycles. The van der Waals surface area contributed by atoms with Crippen LogP contribution in [0.5, 0.6) is 0 Å². The maximum absolute atomic E-state index is 11.9. The van der Waals surface area contributed by atoms with Crippen molar-refractivity contribution >= 4 is 46.2 Å². The summed E-state index contributed by atoms with van der Waals surface area (Å²) in [5.41, 5.74) is 1.32. The predicted molar refractivity (Wildman–Crippen MR) is 97.2 cm³/mol. The number of anilines is 1. The highest BCUT2D eigenvalue weighted by Crippen LogP contribution is 2.26. The molecule has 8 heteroatoms. The number of thiocarbonyl (C=S) groups is 1. The molecule has 24 heavy (non-hydrogen) atoms. The second kappa shape index (κ2) is 8.37. The van der Waals surface area contributed by atoms with Crippen LogP contribution in [0.2, 0.25) is 5.02 Å². The second-order valence-electron chi connectivity index (χ2n) is 4.91. The van der Waals surface area contributed by atoms with Crippen LogP contribution in [0, 0.1) is 10.1 Å². The molecule has 0 aromatic heterocycles. The first-order valence-electron chi connectivity index (χ1n) is 7.04. The van der Waals surface area contributed by atoms with E-state index in [1.807, 2.05) is 30.3 Å². The lowest BCUT2D eigenvalue weighted by Crippen LogP contribution is -2.34.